The van der Waals surface area contributed by atoms with Crippen LogP contribution >= 0.6 is 0 Å². The van der Waals surface area contributed by atoms with E-state index in [2.05, 4.69) is 17.3 Å². The summed E-state index contributed by atoms with van der Waals surface area (Å²) >= 11 is 0. The summed E-state index contributed by atoms with van der Waals surface area (Å²) < 4.78 is 0. The first kappa shape index (κ1) is 7.56. The van der Waals surface area contributed by atoms with E-state index >= 15 is 0 Å². The molecule has 0 aliphatic carbocycles. The molecule has 11 heavy (non-hydrogen) atoms. The average Bonchev–Trinajstić information content (AvgIpc) is 2.06. The lowest BCUT2D eigenvalue weighted by Gasteiger charge is -2.42. The predicted molar refractivity (Wildman–Crippen MR) is 46.6 cm³/mol. The van der Waals surface area contributed by atoms with Gasteiger partial charge < -0.3 is 10.2 Å². The van der Waals surface area contributed by atoms with Gasteiger partial charge in [-0.05, 0) is 45.3 Å². The third kappa shape index (κ3) is 1.42. The monoisotopic (exact) mass is 154 g/mol. The van der Waals surface area contributed by atoms with E-state index in [-0.39, 0.29) is 0 Å². The molecule has 2 heterocycles. The van der Waals surface area contributed by atoms with Crippen LogP contribution in [0.3, 0.4) is 0 Å². The Morgan fingerprint density at radius 1 is 1.36 bits per heavy atom. The third-order valence-corrected chi connectivity index (χ3v) is 3.24. The van der Waals surface area contributed by atoms with Crippen LogP contribution < -0.4 is 5.32 Å². The van der Waals surface area contributed by atoms with Crippen molar-refractivity contribution in [3.63, 3.8) is 0 Å². The van der Waals surface area contributed by atoms with E-state index in [0.717, 1.165) is 12.0 Å². The minimum Gasteiger partial charge on any atom is -0.315 e. The molecule has 0 bridgehead atoms. The third-order valence-electron chi connectivity index (χ3n) is 3.24. The minimum absolute atomic E-state index is 0.845. The Balaban J connectivity index is 1.99. The van der Waals surface area contributed by atoms with Crippen LogP contribution in [-0.2, 0) is 0 Å². The molecule has 0 saturated carbocycles. The van der Waals surface area contributed by atoms with E-state index in [1.165, 1.54) is 38.9 Å². The normalized spacial score (nSPS) is 40.1. The van der Waals surface area contributed by atoms with Crippen molar-refractivity contribution in [1.29, 1.82) is 0 Å². The van der Waals surface area contributed by atoms with Gasteiger partial charge in [0.2, 0.25) is 0 Å². The van der Waals surface area contributed by atoms with Gasteiger partial charge in [0, 0.05) is 12.6 Å². The summed E-state index contributed by atoms with van der Waals surface area (Å²) in [5, 5.41) is 3.47. The largest absolute Gasteiger partial charge is 0.315 e. The van der Waals surface area contributed by atoms with Crippen LogP contribution in [0.25, 0.3) is 0 Å². The number of likely N-dealkylation sites (tertiary alicyclic amines) is 1. The van der Waals surface area contributed by atoms with E-state index in [1.807, 2.05) is 0 Å². The highest BCUT2D eigenvalue weighted by Gasteiger charge is 2.30. The van der Waals surface area contributed by atoms with E-state index in [9.17, 15) is 0 Å². The van der Waals surface area contributed by atoms with Crippen LogP contribution in [0.5, 0.6) is 0 Å². The van der Waals surface area contributed by atoms with Crippen molar-refractivity contribution in [2.75, 3.05) is 26.7 Å². The lowest BCUT2D eigenvalue weighted by Crippen LogP contribution is -2.52. The number of hydrogen-bond acceptors (Lipinski definition) is 2. The van der Waals surface area contributed by atoms with E-state index in [1.54, 1.807) is 0 Å². The first-order valence-corrected chi connectivity index (χ1v) is 4.79. The first-order chi connectivity index (χ1) is 5.38. The van der Waals surface area contributed by atoms with Crippen LogP contribution in [0.2, 0.25) is 0 Å². The molecular weight excluding hydrogens is 136 g/mol. The zero-order valence-corrected chi connectivity index (χ0v) is 7.34. The van der Waals surface area contributed by atoms with Crippen LogP contribution in [0.4, 0.5) is 0 Å². The number of nitrogens with zero attached hydrogens (tertiary/aromatic N) is 1. The number of rotatable bonds is 0. The molecule has 2 heteroatoms. The molecule has 0 aromatic heterocycles. The van der Waals surface area contributed by atoms with Crippen molar-refractivity contribution >= 4 is 0 Å². The smallest absolute Gasteiger partial charge is 0.0246 e. The van der Waals surface area contributed by atoms with E-state index in [4.69, 9.17) is 0 Å². The fourth-order valence-corrected chi connectivity index (χ4v) is 2.52. The van der Waals surface area contributed by atoms with Crippen molar-refractivity contribution in [2.45, 2.75) is 25.3 Å². The zero-order chi connectivity index (χ0) is 7.68. The Morgan fingerprint density at radius 3 is 3.09 bits per heavy atom. The molecule has 0 unspecified atom stereocenters. The number of hydrogen-bond donors (Lipinski definition) is 1. The van der Waals surface area contributed by atoms with Gasteiger partial charge in [0.15, 0.2) is 0 Å². The van der Waals surface area contributed by atoms with E-state index < -0.39 is 0 Å². The fourth-order valence-electron chi connectivity index (χ4n) is 2.52. The molecular formula is C9H18N2. The molecule has 2 nitrogen and oxygen atoms in total. The highest BCUT2D eigenvalue weighted by Crippen LogP contribution is 2.26. The molecule has 0 spiro atoms. The molecule has 1 N–H and O–H groups in total. The second-order valence-corrected chi connectivity index (χ2v) is 3.94. The molecule has 0 aromatic carbocycles. The molecule has 2 rings (SSSR count). The Morgan fingerprint density at radius 2 is 2.27 bits per heavy atom. The van der Waals surface area contributed by atoms with Gasteiger partial charge in [0.1, 0.15) is 0 Å². The summed E-state index contributed by atoms with van der Waals surface area (Å²) in [6, 6.07) is 0.845. The van der Waals surface area contributed by atoms with Gasteiger partial charge >= 0.3 is 0 Å². The van der Waals surface area contributed by atoms with Crippen molar-refractivity contribution in [3.05, 3.63) is 0 Å². The SMILES string of the molecule is CN1CCC[C@@H]2CCNC[C@H]21. The van der Waals surface area contributed by atoms with Crippen LogP contribution in [-0.4, -0.2) is 37.6 Å². The molecule has 2 atom stereocenters. The Labute approximate surface area is 69.0 Å². The maximum absolute atomic E-state index is 3.47. The Bertz CT molecular complexity index is 134. The summed E-state index contributed by atoms with van der Waals surface area (Å²) in [5.74, 6) is 0.995. The predicted octanol–water partition coefficient (Wildman–Crippen LogP) is 0.690. The van der Waals surface area contributed by atoms with Gasteiger partial charge in [-0.2, -0.15) is 0 Å². The quantitative estimate of drug-likeness (QED) is 0.552. The lowest BCUT2D eigenvalue weighted by atomic mass is 9.85. The highest BCUT2D eigenvalue weighted by atomic mass is 15.2. The van der Waals surface area contributed by atoms with Crippen LogP contribution in [0, 0.1) is 5.92 Å². The summed E-state index contributed by atoms with van der Waals surface area (Å²) in [7, 11) is 2.27. The molecule has 2 aliphatic rings. The Kier molecular flexibility index (Phi) is 2.14. The van der Waals surface area contributed by atoms with Crippen molar-refractivity contribution in [1.82, 2.24) is 10.2 Å². The number of likely N-dealkylation sites (N-methyl/N-ethyl adjacent to an activating group) is 1. The average molecular weight is 154 g/mol. The second kappa shape index (κ2) is 3.11. The molecule has 0 aromatic rings. The minimum atomic E-state index is 0.845. The number of fused-ring (bicyclic) bond motifs is 1. The molecule has 64 valence electrons. The van der Waals surface area contributed by atoms with Gasteiger partial charge in [0.05, 0.1) is 0 Å². The van der Waals surface area contributed by atoms with Crippen molar-refractivity contribution in [2.24, 2.45) is 5.92 Å². The maximum Gasteiger partial charge on any atom is 0.0246 e. The summed E-state index contributed by atoms with van der Waals surface area (Å²) in [4.78, 5) is 2.53. The number of piperidine rings is 2. The van der Waals surface area contributed by atoms with Gasteiger partial charge in [-0.25, -0.2) is 0 Å². The van der Waals surface area contributed by atoms with E-state index in [0.29, 0.717) is 0 Å². The number of nitrogens with one attached hydrogen (secondary N) is 1. The standard InChI is InChI=1S/C9H18N2/c1-11-6-2-3-8-4-5-10-7-9(8)11/h8-10H,2-7H2,1H3/t8-,9-/m1/s1. The maximum atomic E-state index is 3.47. The lowest BCUT2D eigenvalue weighted by molar-refractivity contribution is 0.0945. The van der Waals surface area contributed by atoms with Gasteiger partial charge in [-0.1, -0.05) is 0 Å². The molecule has 2 aliphatic heterocycles. The van der Waals surface area contributed by atoms with Crippen molar-refractivity contribution in [3.8, 4) is 0 Å². The Hall–Kier alpha value is -0.0800. The zero-order valence-electron chi connectivity index (χ0n) is 7.34. The molecule has 0 amide bonds. The van der Waals surface area contributed by atoms with Crippen LogP contribution in [0.15, 0.2) is 0 Å². The van der Waals surface area contributed by atoms with Crippen LogP contribution in [0.1, 0.15) is 19.3 Å². The molecule has 2 saturated heterocycles. The van der Waals surface area contributed by atoms with Gasteiger partial charge in [-0.15, -0.1) is 0 Å². The molecule has 2 fully saturated rings. The highest BCUT2D eigenvalue weighted by molar-refractivity contribution is 4.87. The fraction of sp³-hybridized carbons (Fsp3) is 1.00. The summed E-state index contributed by atoms with van der Waals surface area (Å²) in [5.41, 5.74) is 0. The summed E-state index contributed by atoms with van der Waals surface area (Å²) in [6.45, 7) is 3.78. The second-order valence-electron chi connectivity index (χ2n) is 3.94. The summed E-state index contributed by atoms with van der Waals surface area (Å²) in [6.07, 6.45) is 4.28. The van der Waals surface area contributed by atoms with Gasteiger partial charge in [0.25, 0.3) is 0 Å². The topological polar surface area (TPSA) is 15.3 Å². The van der Waals surface area contributed by atoms with Gasteiger partial charge in [-0.3, -0.25) is 0 Å². The van der Waals surface area contributed by atoms with Crippen molar-refractivity contribution < 1.29 is 0 Å². The molecule has 0 radical (unpaired) electrons. The first-order valence-electron chi connectivity index (χ1n) is 4.79.